The van der Waals surface area contributed by atoms with Crippen LogP contribution in [-0.4, -0.2) is 37.0 Å². The molecule has 6 heteroatoms. The highest BCUT2D eigenvalue weighted by Crippen LogP contribution is 2.30. The van der Waals surface area contributed by atoms with Crippen molar-refractivity contribution in [3.8, 4) is 0 Å². The molecule has 0 atom stereocenters. The minimum Gasteiger partial charge on any atom is -0.380 e. The lowest BCUT2D eigenvalue weighted by atomic mass is 10.1. The summed E-state index contributed by atoms with van der Waals surface area (Å²) in [5.74, 6) is -0.0952. The van der Waals surface area contributed by atoms with Crippen molar-refractivity contribution in [2.45, 2.75) is 13.3 Å². The lowest BCUT2D eigenvalue weighted by molar-refractivity contribution is -0.384. The van der Waals surface area contributed by atoms with E-state index < -0.39 is 4.92 Å². The molecule has 1 aliphatic heterocycles. The third-order valence-electron chi connectivity index (χ3n) is 3.14. The van der Waals surface area contributed by atoms with Crippen molar-refractivity contribution < 1.29 is 14.5 Å². The van der Waals surface area contributed by atoms with Gasteiger partial charge in [0, 0.05) is 31.3 Å². The second-order valence-electron chi connectivity index (χ2n) is 4.47. The minimum absolute atomic E-state index is 0.0342. The van der Waals surface area contributed by atoms with Crippen LogP contribution >= 0.6 is 0 Å². The Morgan fingerprint density at radius 2 is 2.16 bits per heavy atom. The van der Waals surface area contributed by atoms with Gasteiger partial charge in [0.15, 0.2) is 5.78 Å². The second kappa shape index (κ2) is 5.79. The van der Waals surface area contributed by atoms with Crippen LogP contribution in [0.1, 0.15) is 23.7 Å². The summed E-state index contributed by atoms with van der Waals surface area (Å²) in [6.07, 6.45) is 0.821. The first-order chi connectivity index (χ1) is 9.09. The summed E-state index contributed by atoms with van der Waals surface area (Å²) in [4.78, 5) is 24.0. The average molecular weight is 264 g/mol. The number of nitro groups is 1. The molecule has 2 rings (SSSR count). The van der Waals surface area contributed by atoms with Gasteiger partial charge >= 0.3 is 0 Å². The monoisotopic (exact) mass is 264 g/mol. The molecule has 0 spiro atoms. The molecule has 1 aromatic carbocycles. The quantitative estimate of drug-likeness (QED) is 0.474. The van der Waals surface area contributed by atoms with Crippen molar-refractivity contribution in [3.05, 3.63) is 33.9 Å². The number of rotatable bonds is 3. The average Bonchev–Trinajstić information content (AvgIpc) is 2.66. The number of ether oxygens (including phenoxy) is 1. The van der Waals surface area contributed by atoms with Crippen LogP contribution < -0.4 is 4.90 Å². The number of hydrogen-bond donors (Lipinski definition) is 0. The number of nitro benzene ring substituents is 1. The van der Waals surface area contributed by atoms with E-state index in [0.717, 1.165) is 6.42 Å². The van der Waals surface area contributed by atoms with E-state index in [0.29, 0.717) is 37.6 Å². The summed E-state index contributed by atoms with van der Waals surface area (Å²) in [5.41, 5.74) is 1.03. The van der Waals surface area contributed by atoms with Crippen molar-refractivity contribution >= 4 is 17.2 Å². The van der Waals surface area contributed by atoms with E-state index in [2.05, 4.69) is 0 Å². The maximum Gasteiger partial charge on any atom is 0.292 e. The summed E-state index contributed by atoms with van der Waals surface area (Å²) in [5, 5.41) is 11.1. The summed E-state index contributed by atoms with van der Waals surface area (Å²) < 4.78 is 5.35. The van der Waals surface area contributed by atoms with Crippen LogP contribution in [0.3, 0.4) is 0 Å². The van der Waals surface area contributed by atoms with E-state index in [-0.39, 0.29) is 11.5 Å². The van der Waals surface area contributed by atoms with Gasteiger partial charge in [0.1, 0.15) is 5.69 Å². The van der Waals surface area contributed by atoms with Gasteiger partial charge in [0.2, 0.25) is 0 Å². The molecule has 1 aliphatic rings. The molecule has 1 heterocycles. The predicted octanol–water partition coefficient (Wildman–Crippen LogP) is 2.02. The molecule has 0 N–H and O–H groups in total. The zero-order valence-electron chi connectivity index (χ0n) is 10.8. The molecule has 0 saturated carbocycles. The number of hydrogen-bond acceptors (Lipinski definition) is 5. The number of nitrogens with zero attached hydrogens (tertiary/aromatic N) is 2. The number of ketones is 1. The SMILES string of the molecule is CC(=O)c1ccc([N+](=O)[O-])c(N2CCCOCC2)c1. The highest BCUT2D eigenvalue weighted by atomic mass is 16.6. The Morgan fingerprint density at radius 3 is 2.84 bits per heavy atom. The summed E-state index contributed by atoms with van der Waals surface area (Å²) in [6, 6.07) is 4.50. The first-order valence-electron chi connectivity index (χ1n) is 6.21. The van der Waals surface area contributed by atoms with Crippen molar-refractivity contribution in [1.29, 1.82) is 0 Å². The maximum atomic E-state index is 11.4. The van der Waals surface area contributed by atoms with Crippen LogP contribution in [0.5, 0.6) is 0 Å². The van der Waals surface area contributed by atoms with E-state index in [4.69, 9.17) is 4.74 Å². The van der Waals surface area contributed by atoms with Crippen LogP contribution in [0, 0.1) is 10.1 Å². The molecule has 0 bridgehead atoms. The molecular weight excluding hydrogens is 248 g/mol. The Morgan fingerprint density at radius 1 is 1.37 bits per heavy atom. The Bertz CT molecular complexity index is 493. The van der Waals surface area contributed by atoms with E-state index in [1.165, 1.54) is 19.1 Å². The fraction of sp³-hybridized carbons (Fsp3) is 0.462. The first-order valence-corrected chi connectivity index (χ1v) is 6.21. The zero-order chi connectivity index (χ0) is 13.8. The molecule has 0 aromatic heterocycles. The van der Waals surface area contributed by atoms with Gasteiger partial charge in [0.25, 0.3) is 5.69 Å². The van der Waals surface area contributed by atoms with Gasteiger partial charge in [-0.3, -0.25) is 14.9 Å². The van der Waals surface area contributed by atoms with E-state index >= 15 is 0 Å². The van der Waals surface area contributed by atoms with Gasteiger partial charge in [-0.05, 0) is 25.5 Å². The largest absolute Gasteiger partial charge is 0.380 e. The smallest absolute Gasteiger partial charge is 0.292 e. The van der Waals surface area contributed by atoms with E-state index in [1.54, 1.807) is 6.07 Å². The Balaban J connectivity index is 2.41. The lowest BCUT2D eigenvalue weighted by Gasteiger charge is -2.22. The van der Waals surface area contributed by atoms with Gasteiger partial charge in [-0.1, -0.05) is 0 Å². The van der Waals surface area contributed by atoms with Crippen molar-refractivity contribution in [2.75, 3.05) is 31.2 Å². The molecule has 0 radical (unpaired) electrons. The normalized spacial score (nSPS) is 15.9. The number of benzene rings is 1. The zero-order valence-corrected chi connectivity index (χ0v) is 10.8. The van der Waals surface area contributed by atoms with Crippen molar-refractivity contribution in [2.24, 2.45) is 0 Å². The van der Waals surface area contributed by atoms with Gasteiger partial charge in [-0.15, -0.1) is 0 Å². The van der Waals surface area contributed by atoms with Gasteiger partial charge in [0.05, 0.1) is 11.5 Å². The molecule has 19 heavy (non-hydrogen) atoms. The topological polar surface area (TPSA) is 72.7 Å². The lowest BCUT2D eigenvalue weighted by Crippen LogP contribution is -2.26. The molecule has 0 aliphatic carbocycles. The van der Waals surface area contributed by atoms with Gasteiger partial charge in [-0.25, -0.2) is 0 Å². The van der Waals surface area contributed by atoms with Crippen molar-refractivity contribution in [3.63, 3.8) is 0 Å². The fourth-order valence-electron chi connectivity index (χ4n) is 2.14. The highest BCUT2D eigenvalue weighted by Gasteiger charge is 2.21. The van der Waals surface area contributed by atoms with Crippen LogP contribution in [-0.2, 0) is 4.74 Å². The fourth-order valence-corrected chi connectivity index (χ4v) is 2.14. The summed E-state index contributed by atoms with van der Waals surface area (Å²) in [6.45, 7) is 3.96. The number of anilines is 1. The number of carbonyl (C=O) groups excluding carboxylic acids is 1. The van der Waals surface area contributed by atoms with Crippen LogP contribution in [0.2, 0.25) is 0 Å². The molecule has 0 amide bonds. The Hall–Kier alpha value is -1.95. The van der Waals surface area contributed by atoms with Gasteiger partial charge < -0.3 is 9.64 Å². The molecule has 1 saturated heterocycles. The standard InChI is InChI=1S/C13H16N2O4/c1-10(16)11-3-4-12(15(17)18)13(9-11)14-5-2-7-19-8-6-14/h3-4,9H,2,5-8H2,1H3. The minimum atomic E-state index is -0.412. The number of Topliss-reactive ketones (excluding diaryl/α,β-unsaturated/α-hetero) is 1. The Labute approximate surface area is 111 Å². The van der Waals surface area contributed by atoms with Gasteiger partial charge in [-0.2, -0.15) is 0 Å². The molecule has 1 aromatic rings. The van der Waals surface area contributed by atoms with E-state index in [9.17, 15) is 14.9 Å². The highest BCUT2D eigenvalue weighted by molar-refractivity contribution is 5.95. The summed E-state index contributed by atoms with van der Waals surface area (Å²) >= 11 is 0. The molecule has 1 fully saturated rings. The van der Waals surface area contributed by atoms with Crippen LogP contribution in [0.25, 0.3) is 0 Å². The number of carbonyl (C=O) groups is 1. The second-order valence-corrected chi connectivity index (χ2v) is 4.47. The van der Waals surface area contributed by atoms with E-state index in [1.807, 2.05) is 4.90 Å². The van der Waals surface area contributed by atoms with Crippen molar-refractivity contribution in [1.82, 2.24) is 0 Å². The molecule has 0 unspecified atom stereocenters. The third kappa shape index (κ3) is 3.08. The van der Waals surface area contributed by atoms with Crippen LogP contribution in [0.4, 0.5) is 11.4 Å². The van der Waals surface area contributed by atoms with Crippen LogP contribution in [0.15, 0.2) is 18.2 Å². The molecular formula is C13H16N2O4. The predicted molar refractivity (Wildman–Crippen MR) is 70.7 cm³/mol. The molecule has 102 valence electrons. The summed E-state index contributed by atoms with van der Waals surface area (Å²) in [7, 11) is 0. The molecule has 6 nitrogen and oxygen atoms in total. The third-order valence-corrected chi connectivity index (χ3v) is 3.14. The maximum absolute atomic E-state index is 11.4. The Kier molecular flexibility index (Phi) is 4.11. The first kappa shape index (κ1) is 13.5.